The van der Waals surface area contributed by atoms with Crippen LogP contribution in [0.25, 0.3) is 0 Å². The van der Waals surface area contributed by atoms with Crippen molar-refractivity contribution >= 4 is 21.7 Å². The van der Waals surface area contributed by atoms with Crippen LogP contribution in [-0.4, -0.2) is 32.2 Å². The number of primary amides is 1. The number of sulfone groups is 1. The van der Waals surface area contributed by atoms with Gasteiger partial charge in [0.2, 0.25) is 0 Å². The molecule has 1 aromatic carbocycles. The topological polar surface area (TPSA) is 104 Å². The zero-order chi connectivity index (χ0) is 14.6. The molecule has 6 nitrogen and oxygen atoms in total. The molecule has 0 saturated carbocycles. The molecule has 104 valence electrons. The number of rotatable bonds is 5. The first-order chi connectivity index (χ1) is 8.79. The molecule has 0 aliphatic carbocycles. The standard InChI is InChI=1S/C12H15NO5S/c1-3-19(16,17)10-7-5-4-6-9(10)12(15)18-8(2)11(13)14/h4-8H,3H2,1-2H3,(H2,13,14). The lowest BCUT2D eigenvalue weighted by atomic mass is 10.2. The lowest BCUT2D eigenvalue weighted by molar-refractivity contribution is -0.125. The zero-order valence-electron chi connectivity index (χ0n) is 10.6. The number of hydrogen-bond donors (Lipinski definition) is 1. The van der Waals surface area contributed by atoms with Crippen molar-refractivity contribution in [2.24, 2.45) is 5.73 Å². The number of nitrogens with two attached hydrogens (primary N) is 1. The molecule has 0 saturated heterocycles. The highest BCUT2D eigenvalue weighted by Gasteiger charge is 2.23. The minimum atomic E-state index is -3.55. The number of hydrogen-bond acceptors (Lipinski definition) is 5. The SMILES string of the molecule is CCS(=O)(=O)c1ccccc1C(=O)OC(C)C(N)=O. The molecule has 0 bridgehead atoms. The van der Waals surface area contributed by atoms with Crippen LogP contribution < -0.4 is 5.73 Å². The predicted octanol–water partition coefficient (Wildman–Crippen LogP) is 0.511. The number of ether oxygens (including phenoxy) is 1. The lowest BCUT2D eigenvalue weighted by Crippen LogP contribution is -2.30. The van der Waals surface area contributed by atoms with E-state index < -0.39 is 27.8 Å². The molecule has 7 heteroatoms. The summed E-state index contributed by atoms with van der Waals surface area (Å²) in [5, 5.41) is 0. The smallest absolute Gasteiger partial charge is 0.340 e. The van der Waals surface area contributed by atoms with Gasteiger partial charge in [-0.2, -0.15) is 0 Å². The molecule has 0 fully saturated rings. The summed E-state index contributed by atoms with van der Waals surface area (Å²) in [5.41, 5.74) is 4.88. The van der Waals surface area contributed by atoms with Gasteiger partial charge in [-0.25, -0.2) is 13.2 Å². The molecule has 0 radical (unpaired) electrons. The van der Waals surface area contributed by atoms with E-state index >= 15 is 0 Å². The molecule has 2 N–H and O–H groups in total. The number of amides is 1. The third kappa shape index (κ3) is 3.54. The van der Waals surface area contributed by atoms with Crippen LogP contribution >= 0.6 is 0 Å². The maximum absolute atomic E-state index is 11.8. The zero-order valence-corrected chi connectivity index (χ0v) is 11.4. The molecule has 1 unspecified atom stereocenters. The molecule has 0 aliphatic heterocycles. The summed E-state index contributed by atoms with van der Waals surface area (Å²) in [6, 6.07) is 5.68. The second-order valence-electron chi connectivity index (χ2n) is 3.85. The minimum absolute atomic E-state index is 0.0996. The Morgan fingerprint density at radius 1 is 1.32 bits per heavy atom. The van der Waals surface area contributed by atoms with E-state index in [0.29, 0.717) is 0 Å². The van der Waals surface area contributed by atoms with Gasteiger partial charge >= 0.3 is 5.97 Å². The summed E-state index contributed by atoms with van der Waals surface area (Å²) < 4.78 is 28.5. The van der Waals surface area contributed by atoms with E-state index in [1.165, 1.54) is 38.1 Å². The Labute approximate surface area is 111 Å². The van der Waals surface area contributed by atoms with Gasteiger partial charge in [0.05, 0.1) is 16.2 Å². The van der Waals surface area contributed by atoms with Crippen molar-refractivity contribution in [3.63, 3.8) is 0 Å². The first-order valence-corrected chi connectivity index (χ1v) is 7.27. The first kappa shape index (κ1) is 15.2. The molecule has 1 rings (SSSR count). The number of carbonyl (C=O) groups is 2. The minimum Gasteiger partial charge on any atom is -0.449 e. The fourth-order valence-electron chi connectivity index (χ4n) is 1.34. The number of benzene rings is 1. The Balaban J connectivity index is 3.15. The second-order valence-corrected chi connectivity index (χ2v) is 6.10. The first-order valence-electron chi connectivity index (χ1n) is 5.61. The average Bonchev–Trinajstić information content (AvgIpc) is 2.38. The molecule has 19 heavy (non-hydrogen) atoms. The largest absolute Gasteiger partial charge is 0.449 e. The van der Waals surface area contributed by atoms with Crippen LogP contribution in [0.1, 0.15) is 24.2 Å². The van der Waals surface area contributed by atoms with Gasteiger partial charge in [0, 0.05) is 0 Å². The van der Waals surface area contributed by atoms with Crippen LogP contribution in [0, 0.1) is 0 Å². The molecule has 0 aliphatic rings. The molecule has 0 heterocycles. The van der Waals surface area contributed by atoms with E-state index in [9.17, 15) is 18.0 Å². The summed E-state index contributed by atoms with van der Waals surface area (Å²) in [5.74, 6) is -1.83. The van der Waals surface area contributed by atoms with Crippen molar-refractivity contribution in [1.29, 1.82) is 0 Å². The van der Waals surface area contributed by atoms with E-state index in [2.05, 4.69) is 0 Å². The third-order valence-corrected chi connectivity index (χ3v) is 4.29. The number of esters is 1. The highest BCUT2D eigenvalue weighted by atomic mass is 32.2. The molecular weight excluding hydrogens is 270 g/mol. The summed E-state index contributed by atoms with van der Waals surface area (Å²) in [7, 11) is -3.55. The van der Waals surface area contributed by atoms with Crippen LogP contribution in [0.5, 0.6) is 0 Å². The second kappa shape index (κ2) is 5.83. The van der Waals surface area contributed by atoms with Crippen LogP contribution in [0.2, 0.25) is 0 Å². The highest BCUT2D eigenvalue weighted by molar-refractivity contribution is 7.91. The van der Waals surface area contributed by atoms with Crippen molar-refractivity contribution in [3.8, 4) is 0 Å². The van der Waals surface area contributed by atoms with Gasteiger partial charge in [-0.1, -0.05) is 19.1 Å². The highest BCUT2D eigenvalue weighted by Crippen LogP contribution is 2.18. The van der Waals surface area contributed by atoms with Crippen molar-refractivity contribution in [2.75, 3.05) is 5.75 Å². The lowest BCUT2D eigenvalue weighted by Gasteiger charge is -2.12. The number of carbonyl (C=O) groups excluding carboxylic acids is 2. The Morgan fingerprint density at radius 3 is 2.42 bits per heavy atom. The van der Waals surface area contributed by atoms with E-state index in [0.717, 1.165) is 0 Å². The van der Waals surface area contributed by atoms with E-state index in [4.69, 9.17) is 10.5 Å². The molecule has 1 amide bonds. The van der Waals surface area contributed by atoms with Gasteiger partial charge in [0.15, 0.2) is 15.9 Å². The summed E-state index contributed by atoms with van der Waals surface area (Å²) in [6.07, 6.45) is -1.12. The van der Waals surface area contributed by atoms with E-state index in [1.54, 1.807) is 0 Å². The molecule has 0 aromatic heterocycles. The molecule has 1 aromatic rings. The van der Waals surface area contributed by atoms with Crippen LogP contribution in [0.3, 0.4) is 0 Å². The van der Waals surface area contributed by atoms with Crippen LogP contribution in [0.15, 0.2) is 29.2 Å². The quantitative estimate of drug-likeness (QED) is 0.794. The maximum Gasteiger partial charge on any atom is 0.340 e. The monoisotopic (exact) mass is 285 g/mol. The summed E-state index contributed by atoms with van der Waals surface area (Å²) in [6.45, 7) is 2.79. The summed E-state index contributed by atoms with van der Waals surface area (Å²) in [4.78, 5) is 22.6. The van der Waals surface area contributed by atoms with Gasteiger partial charge in [-0.05, 0) is 19.1 Å². The van der Waals surface area contributed by atoms with Crippen LogP contribution in [-0.2, 0) is 19.4 Å². The molecule has 1 atom stereocenters. The van der Waals surface area contributed by atoms with Gasteiger partial charge in [-0.15, -0.1) is 0 Å². The van der Waals surface area contributed by atoms with E-state index in [-0.39, 0.29) is 16.2 Å². The Hall–Kier alpha value is -1.89. The summed E-state index contributed by atoms with van der Waals surface area (Å²) >= 11 is 0. The average molecular weight is 285 g/mol. The van der Waals surface area contributed by atoms with Gasteiger partial charge < -0.3 is 10.5 Å². The van der Waals surface area contributed by atoms with Crippen molar-refractivity contribution < 1.29 is 22.7 Å². The Kier molecular flexibility index (Phi) is 4.66. The fourth-order valence-corrected chi connectivity index (χ4v) is 2.43. The van der Waals surface area contributed by atoms with Crippen molar-refractivity contribution in [1.82, 2.24) is 0 Å². The van der Waals surface area contributed by atoms with Gasteiger partial charge in [0.25, 0.3) is 5.91 Å². The third-order valence-electron chi connectivity index (χ3n) is 2.51. The molecular formula is C12H15NO5S. The van der Waals surface area contributed by atoms with E-state index in [1.807, 2.05) is 0 Å². The molecule has 0 spiro atoms. The maximum atomic E-state index is 11.8. The van der Waals surface area contributed by atoms with Gasteiger partial charge in [0.1, 0.15) is 0 Å². The normalized spacial score (nSPS) is 12.7. The van der Waals surface area contributed by atoms with Gasteiger partial charge in [-0.3, -0.25) is 4.79 Å². The van der Waals surface area contributed by atoms with Crippen molar-refractivity contribution in [2.45, 2.75) is 24.8 Å². The Bertz CT molecular complexity index is 594. The Morgan fingerprint density at radius 2 is 1.89 bits per heavy atom. The van der Waals surface area contributed by atoms with Crippen LogP contribution in [0.4, 0.5) is 0 Å². The predicted molar refractivity (Wildman–Crippen MR) is 68.2 cm³/mol. The van der Waals surface area contributed by atoms with Crippen molar-refractivity contribution in [3.05, 3.63) is 29.8 Å². The fraction of sp³-hybridized carbons (Fsp3) is 0.333.